The third kappa shape index (κ3) is 4.07. The molecule has 26 heavy (non-hydrogen) atoms. The number of benzene rings is 2. The highest BCUT2D eigenvalue weighted by Gasteiger charge is 2.28. The van der Waals surface area contributed by atoms with Crippen molar-refractivity contribution >= 4 is 28.4 Å². The standard InChI is InChI=1S/C22H28N2OS/c25-22(20-10-9-18-7-2-3-8-19(18)15-20)24-13-6-14-26-17-21(24)16-23-11-4-1-5-12-23/h2-3,7-10,15,21H,1,4-6,11-14,16-17H2. The van der Waals surface area contributed by atoms with Crippen LogP contribution in [0.25, 0.3) is 10.8 Å². The second-order valence-corrected chi connectivity index (χ2v) is 8.65. The Balaban J connectivity index is 1.55. The number of piperidine rings is 1. The first-order valence-electron chi connectivity index (χ1n) is 9.91. The summed E-state index contributed by atoms with van der Waals surface area (Å²) in [5.74, 6) is 2.44. The van der Waals surface area contributed by atoms with Crippen LogP contribution in [-0.4, -0.2) is 59.4 Å². The molecule has 138 valence electrons. The van der Waals surface area contributed by atoms with Gasteiger partial charge in [0.2, 0.25) is 0 Å². The van der Waals surface area contributed by atoms with E-state index >= 15 is 0 Å². The smallest absolute Gasteiger partial charge is 0.254 e. The fourth-order valence-corrected chi connectivity index (χ4v) is 5.23. The molecule has 0 bridgehead atoms. The van der Waals surface area contributed by atoms with Crippen molar-refractivity contribution in [2.75, 3.05) is 37.7 Å². The Kier molecular flexibility index (Phi) is 5.81. The highest BCUT2D eigenvalue weighted by Crippen LogP contribution is 2.23. The van der Waals surface area contributed by atoms with Crippen LogP contribution in [0.5, 0.6) is 0 Å². The monoisotopic (exact) mass is 368 g/mol. The van der Waals surface area contributed by atoms with Crippen molar-refractivity contribution < 1.29 is 4.79 Å². The molecule has 2 aromatic rings. The van der Waals surface area contributed by atoms with Gasteiger partial charge in [0.1, 0.15) is 0 Å². The molecule has 1 amide bonds. The van der Waals surface area contributed by atoms with Gasteiger partial charge in [-0.05, 0) is 61.0 Å². The van der Waals surface area contributed by atoms with Gasteiger partial charge in [-0.15, -0.1) is 0 Å². The Labute approximate surface area is 160 Å². The first-order chi connectivity index (χ1) is 12.8. The fraction of sp³-hybridized carbons (Fsp3) is 0.500. The van der Waals surface area contributed by atoms with E-state index in [1.807, 2.05) is 30.0 Å². The molecule has 3 nitrogen and oxygen atoms in total. The second kappa shape index (κ2) is 8.45. The van der Waals surface area contributed by atoms with Crippen molar-refractivity contribution in [2.24, 2.45) is 0 Å². The zero-order valence-electron chi connectivity index (χ0n) is 15.4. The summed E-state index contributed by atoms with van der Waals surface area (Å²) in [6.45, 7) is 4.31. The van der Waals surface area contributed by atoms with E-state index in [0.717, 1.165) is 42.0 Å². The van der Waals surface area contributed by atoms with E-state index in [0.29, 0.717) is 6.04 Å². The molecule has 1 unspecified atom stereocenters. The Morgan fingerprint density at radius 2 is 1.77 bits per heavy atom. The normalized spacial score (nSPS) is 22.3. The lowest BCUT2D eigenvalue weighted by atomic mass is 10.0. The van der Waals surface area contributed by atoms with Gasteiger partial charge in [-0.3, -0.25) is 4.79 Å². The van der Waals surface area contributed by atoms with Crippen LogP contribution in [0.15, 0.2) is 42.5 Å². The second-order valence-electron chi connectivity index (χ2n) is 7.50. The van der Waals surface area contributed by atoms with Crippen molar-refractivity contribution in [2.45, 2.75) is 31.7 Å². The molecule has 4 heteroatoms. The summed E-state index contributed by atoms with van der Waals surface area (Å²) in [4.78, 5) is 18.1. The number of amides is 1. The van der Waals surface area contributed by atoms with Crippen LogP contribution in [-0.2, 0) is 0 Å². The van der Waals surface area contributed by atoms with Crippen LogP contribution in [0.1, 0.15) is 36.0 Å². The number of thioether (sulfide) groups is 1. The van der Waals surface area contributed by atoms with E-state index in [-0.39, 0.29) is 5.91 Å². The minimum atomic E-state index is 0.209. The van der Waals surface area contributed by atoms with Gasteiger partial charge in [-0.2, -0.15) is 11.8 Å². The maximum absolute atomic E-state index is 13.3. The molecule has 4 rings (SSSR count). The third-order valence-corrected chi connectivity index (χ3v) is 6.81. The van der Waals surface area contributed by atoms with Crippen molar-refractivity contribution in [3.8, 4) is 0 Å². The summed E-state index contributed by atoms with van der Waals surface area (Å²) in [7, 11) is 0. The summed E-state index contributed by atoms with van der Waals surface area (Å²) in [5.41, 5.74) is 0.833. The lowest BCUT2D eigenvalue weighted by Gasteiger charge is -2.35. The van der Waals surface area contributed by atoms with Gasteiger partial charge in [0, 0.05) is 24.4 Å². The molecule has 0 spiro atoms. The molecule has 2 aromatic carbocycles. The molecule has 2 aliphatic heterocycles. The summed E-state index contributed by atoms with van der Waals surface area (Å²) >= 11 is 2.01. The number of hydrogen-bond donors (Lipinski definition) is 0. The van der Waals surface area contributed by atoms with Crippen molar-refractivity contribution in [3.05, 3.63) is 48.0 Å². The Bertz CT molecular complexity index is 757. The minimum absolute atomic E-state index is 0.209. The number of carbonyl (C=O) groups is 1. The summed E-state index contributed by atoms with van der Waals surface area (Å²) < 4.78 is 0. The summed E-state index contributed by atoms with van der Waals surface area (Å²) in [5, 5.41) is 2.34. The van der Waals surface area contributed by atoms with Gasteiger partial charge in [0.15, 0.2) is 0 Å². The maximum atomic E-state index is 13.3. The molecule has 2 saturated heterocycles. The Morgan fingerprint density at radius 3 is 2.62 bits per heavy atom. The molecule has 0 radical (unpaired) electrons. The predicted molar refractivity (Wildman–Crippen MR) is 111 cm³/mol. The molecule has 0 aromatic heterocycles. The zero-order valence-corrected chi connectivity index (χ0v) is 16.2. The first-order valence-corrected chi connectivity index (χ1v) is 11.1. The quantitative estimate of drug-likeness (QED) is 0.808. The summed E-state index contributed by atoms with van der Waals surface area (Å²) in [6, 6.07) is 14.8. The maximum Gasteiger partial charge on any atom is 0.254 e. The minimum Gasteiger partial charge on any atom is -0.334 e. The topological polar surface area (TPSA) is 23.6 Å². The van der Waals surface area contributed by atoms with Crippen molar-refractivity contribution in [1.82, 2.24) is 9.80 Å². The lowest BCUT2D eigenvalue weighted by molar-refractivity contribution is 0.0646. The average molecular weight is 369 g/mol. The zero-order chi connectivity index (χ0) is 17.8. The van der Waals surface area contributed by atoms with E-state index in [2.05, 4.69) is 34.1 Å². The van der Waals surface area contributed by atoms with E-state index in [1.54, 1.807) is 0 Å². The Morgan fingerprint density at radius 1 is 0.962 bits per heavy atom. The molecule has 2 aliphatic rings. The molecular formula is C22H28N2OS. The highest BCUT2D eigenvalue weighted by atomic mass is 32.2. The molecule has 1 atom stereocenters. The van der Waals surface area contributed by atoms with Crippen LogP contribution in [0.4, 0.5) is 0 Å². The molecule has 2 fully saturated rings. The third-order valence-electron chi connectivity index (χ3n) is 5.61. The van der Waals surface area contributed by atoms with Gasteiger partial charge in [-0.1, -0.05) is 36.8 Å². The van der Waals surface area contributed by atoms with Gasteiger partial charge < -0.3 is 9.80 Å². The fourth-order valence-electron chi connectivity index (χ4n) is 4.18. The number of likely N-dealkylation sites (tertiary alicyclic amines) is 1. The van der Waals surface area contributed by atoms with Crippen molar-refractivity contribution in [3.63, 3.8) is 0 Å². The SMILES string of the molecule is O=C(c1ccc2ccccc2c1)N1CCCSCC1CN1CCCCC1. The molecule has 0 N–H and O–H groups in total. The van der Waals surface area contributed by atoms with Crippen LogP contribution < -0.4 is 0 Å². The number of nitrogens with zero attached hydrogens (tertiary/aromatic N) is 2. The number of hydrogen-bond acceptors (Lipinski definition) is 3. The average Bonchev–Trinajstić information content (AvgIpc) is 2.93. The number of fused-ring (bicyclic) bond motifs is 1. The lowest BCUT2D eigenvalue weighted by Crippen LogP contribution is -2.49. The Hall–Kier alpha value is -1.52. The van der Waals surface area contributed by atoms with E-state index in [9.17, 15) is 4.79 Å². The highest BCUT2D eigenvalue weighted by molar-refractivity contribution is 7.99. The molecule has 0 saturated carbocycles. The van der Waals surface area contributed by atoms with E-state index in [4.69, 9.17) is 0 Å². The van der Waals surface area contributed by atoms with E-state index < -0.39 is 0 Å². The van der Waals surface area contributed by atoms with E-state index in [1.165, 1.54) is 37.7 Å². The van der Waals surface area contributed by atoms with Crippen molar-refractivity contribution in [1.29, 1.82) is 0 Å². The van der Waals surface area contributed by atoms with Crippen LogP contribution >= 0.6 is 11.8 Å². The summed E-state index contributed by atoms with van der Waals surface area (Å²) in [6.07, 6.45) is 5.06. The van der Waals surface area contributed by atoms with Gasteiger partial charge in [-0.25, -0.2) is 0 Å². The first kappa shape index (κ1) is 17.9. The number of carbonyl (C=O) groups excluding carboxylic acids is 1. The largest absolute Gasteiger partial charge is 0.334 e. The van der Waals surface area contributed by atoms with Gasteiger partial charge in [0.25, 0.3) is 5.91 Å². The molecule has 0 aliphatic carbocycles. The number of rotatable bonds is 3. The van der Waals surface area contributed by atoms with Gasteiger partial charge >= 0.3 is 0 Å². The molecular weight excluding hydrogens is 340 g/mol. The van der Waals surface area contributed by atoms with Crippen LogP contribution in [0.3, 0.4) is 0 Å². The molecule has 2 heterocycles. The predicted octanol–water partition coefficient (Wildman–Crippen LogP) is 4.27. The van der Waals surface area contributed by atoms with Crippen LogP contribution in [0, 0.1) is 0 Å². The van der Waals surface area contributed by atoms with Crippen LogP contribution in [0.2, 0.25) is 0 Å². The van der Waals surface area contributed by atoms with Gasteiger partial charge in [0.05, 0.1) is 6.04 Å².